The van der Waals surface area contributed by atoms with Crippen molar-refractivity contribution in [3.63, 3.8) is 0 Å². The van der Waals surface area contributed by atoms with E-state index in [0.717, 1.165) is 12.1 Å². The first-order valence-electron chi connectivity index (χ1n) is 7.56. The minimum absolute atomic E-state index is 0.194. The Morgan fingerprint density at radius 2 is 1.96 bits per heavy atom. The number of ether oxygens (including phenoxy) is 2. The molecule has 0 aliphatic carbocycles. The average Bonchev–Trinajstić information content (AvgIpc) is 2.98. The number of hydrogen-bond donors (Lipinski definition) is 1. The third-order valence-corrected chi connectivity index (χ3v) is 3.56. The summed E-state index contributed by atoms with van der Waals surface area (Å²) >= 11 is 0. The molecule has 0 saturated heterocycles. The first-order chi connectivity index (χ1) is 12.8. The number of carbonyl (C=O) groups excluding carboxylic acids is 1. The molecule has 140 valence electrons. The minimum Gasteiger partial charge on any atom is -0.443 e. The van der Waals surface area contributed by atoms with Crippen LogP contribution in [0.2, 0.25) is 0 Å². The highest BCUT2D eigenvalue weighted by atomic mass is 19.4. The van der Waals surface area contributed by atoms with Gasteiger partial charge < -0.3 is 15.2 Å². The lowest BCUT2D eigenvalue weighted by Crippen LogP contribution is -2.17. The number of primary amides is 1. The van der Waals surface area contributed by atoms with Gasteiger partial charge in [-0.1, -0.05) is 12.7 Å². The van der Waals surface area contributed by atoms with Crippen molar-refractivity contribution >= 4 is 23.2 Å². The van der Waals surface area contributed by atoms with Gasteiger partial charge in [0, 0.05) is 6.20 Å². The molecule has 0 fully saturated rings. The second kappa shape index (κ2) is 6.98. The van der Waals surface area contributed by atoms with Crippen molar-refractivity contribution in [2.45, 2.75) is 13.0 Å². The van der Waals surface area contributed by atoms with Gasteiger partial charge in [0.15, 0.2) is 5.65 Å². The standard InChI is InChI=1S/C17H13F3N4O3/c1-2-10-7-8-22-15-14(10)13(9-26-16(21)25)23-24(15)11-3-5-12(6-4-11)27-17(18,19)20/h2-8H,1,9H2,(H2,21,25). The molecule has 1 amide bonds. The van der Waals surface area contributed by atoms with Crippen LogP contribution in [0.3, 0.4) is 0 Å². The van der Waals surface area contributed by atoms with Crippen LogP contribution in [0.4, 0.5) is 18.0 Å². The number of benzene rings is 1. The summed E-state index contributed by atoms with van der Waals surface area (Å²) in [5, 5.41) is 4.94. The molecule has 0 spiro atoms. The molecule has 0 aliphatic heterocycles. The van der Waals surface area contributed by atoms with Crippen molar-refractivity contribution in [1.29, 1.82) is 0 Å². The minimum atomic E-state index is -4.78. The van der Waals surface area contributed by atoms with Crippen LogP contribution in [0.15, 0.2) is 43.1 Å². The number of nitrogens with two attached hydrogens (primary N) is 1. The van der Waals surface area contributed by atoms with Gasteiger partial charge in [-0.15, -0.1) is 13.2 Å². The van der Waals surface area contributed by atoms with E-state index < -0.39 is 12.5 Å². The van der Waals surface area contributed by atoms with Crippen LogP contribution >= 0.6 is 0 Å². The van der Waals surface area contributed by atoms with Crippen LogP contribution in [0.25, 0.3) is 22.8 Å². The summed E-state index contributed by atoms with van der Waals surface area (Å²) < 4.78 is 47.0. The van der Waals surface area contributed by atoms with Crippen LogP contribution in [-0.4, -0.2) is 27.2 Å². The molecule has 3 rings (SSSR count). The first kappa shape index (κ1) is 18.2. The molecule has 0 atom stereocenters. The van der Waals surface area contributed by atoms with Crippen molar-refractivity contribution in [3.8, 4) is 11.4 Å². The van der Waals surface area contributed by atoms with Gasteiger partial charge in [-0.2, -0.15) is 5.10 Å². The fourth-order valence-corrected chi connectivity index (χ4v) is 2.52. The number of carbonyl (C=O) groups is 1. The Morgan fingerprint density at radius 1 is 1.26 bits per heavy atom. The maximum absolute atomic E-state index is 12.3. The van der Waals surface area contributed by atoms with Gasteiger partial charge in [-0.05, 0) is 35.9 Å². The average molecular weight is 378 g/mol. The van der Waals surface area contributed by atoms with E-state index in [4.69, 9.17) is 10.5 Å². The molecule has 0 radical (unpaired) electrons. The molecule has 3 aromatic rings. The summed E-state index contributed by atoms with van der Waals surface area (Å²) in [6.45, 7) is 3.53. The van der Waals surface area contributed by atoms with E-state index in [0.29, 0.717) is 28.0 Å². The van der Waals surface area contributed by atoms with Crippen LogP contribution in [0.5, 0.6) is 5.75 Å². The number of aromatic nitrogens is 3. The Morgan fingerprint density at radius 3 is 2.56 bits per heavy atom. The summed E-state index contributed by atoms with van der Waals surface area (Å²) in [4.78, 5) is 15.2. The molecule has 2 N–H and O–H groups in total. The Hall–Kier alpha value is -3.56. The molecule has 0 unspecified atom stereocenters. The molecule has 0 bridgehead atoms. The van der Waals surface area contributed by atoms with Gasteiger partial charge in [0.25, 0.3) is 0 Å². The molecule has 0 aliphatic rings. The normalized spacial score (nSPS) is 11.4. The third kappa shape index (κ3) is 4.00. The van der Waals surface area contributed by atoms with E-state index in [1.54, 1.807) is 12.1 Å². The van der Waals surface area contributed by atoms with Crippen molar-refractivity contribution in [3.05, 3.63) is 54.4 Å². The molecule has 7 nitrogen and oxygen atoms in total. The monoisotopic (exact) mass is 378 g/mol. The second-order valence-electron chi connectivity index (χ2n) is 5.31. The van der Waals surface area contributed by atoms with Crippen LogP contribution in [0.1, 0.15) is 11.3 Å². The fourth-order valence-electron chi connectivity index (χ4n) is 2.52. The Labute approximate surface area is 150 Å². The first-order valence-corrected chi connectivity index (χ1v) is 7.56. The molecule has 2 heterocycles. The number of rotatable bonds is 5. The van der Waals surface area contributed by atoms with Crippen molar-refractivity contribution < 1.29 is 27.4 Å². The Balaban J connectivity index is 2.06. The summed E-state index contributed by atoms with van der Waals surface area (Å²) in [7, 11) is 0. The molecule has 0 saturated carbocycles. The second-order valence-corrected chi connectivity index (χ2v) is 5.31. The predicted octanol–water partition coefficient (Wildman–Crippen LogP) is 3.56. The van der Waals surface area contributed by atoms with E-state index in [1.165, 1.54) is 23.0 Å². The van der Waals surface area contributed by atoms with Gasteiger partial charge in [0.05, 0.1) is 11.1 Å². The fraction of sp³-hybridized carbons (Fsp3) is 0.118. The van der Waals surface area contributed by atoms with E-state index in [9.17, 15) is 18.0 Å². The maximum Gasteiger partial charge on any atom is 0.573 e. The molecular formula is C17H13F3N4O3. The quantitative estimate of drug-likeness (QED) is 0.733. The molecular weight excluding hydrogens is 365 g/mol. The van der Waals surface area contributed by atoms with Crippen LogP contribution < -0.4 is 10.5 Å². The highest BCUT2D eigenvalue weighted by molar-refractivity contribution is 5.88. The lowest BCUT2D eigenvalue weighted by molar-refractivity contribution is -0.274. The lowest BCUT2D eigenvalue weighted by atomic mass is 10.1. The number of nitrogens with zero attached hydrogens (tertiary/aromatic N) is 3. The van der Waals surface area contributed by atoms with E-state index >= 15 is 0 Å². The van der Waals surface area contributed by atoms with Gasteiger partial charge in [0.2, 0.25) is 0 Å². The number of fused-ring (bicyclic) bond motifs is 1. The van der Waals surface area contributed by atoms with Gasteiger partial charge in [-0.3, -0.25) is 0 Å². The topological polar surface area (TPSA) is 92.3 Å². The summed E-state index contributed by atoms with van der Waals surface area (Å²) in [5.41, 5.74) is 6.94. The van der Waals surface area contributed by atoms with Crippen molar-refractivity contribution in [1.82, 2.24) is 14.8 Å². The Bertz CT molecular complexity index is 997. The molecule has 10 heteroatoms. The van der Waals surface area contributed by atoms with E-state index in [1.807, 2.05) is 0 Å². The van der Waals surface area contributed by atoms with Gasteiger partial charge in [-0.25, -0.2) is 14.5 Å². The predicted molar refractivity (Wildman–Crippen MR) is 90.0 cm³/mol. The maximum atomic E-state index is 12.3. The lowest BCUT2D eigenvalue weighted by Gasteiger charge is -2.09. The Kier molecular flexibility index (Phi) is 4.72. The third-order valence-electron chi connectivity index (χ3n) is 3.56. The number of amides is 1. The smallest absolute Gasteiger partial charge is 0.443 e. The van der Waals surface area contributed by atoms with Crippen molar-refractivity contribution in [2.24, 2.45) is 5.73 Å². The van der Waals surface area contributed by atoms with Crippen molar-refractivity contribution in [2.75, 3.05) is 0 Å². The number of alkyl halides is 3. The zero-order valence-electron chi connectivity index (χ0n) is 13.7. The zero-order valence-corrected chi connectivity index (χ0v) is 13.7. The molecule has 2 aromatic heterocycles. The number of pyridine rings is 1. The highest BCUT2D eigenvalue weighted by Gasteiger charge is 2.31. The summed E-state index contributed by atoms with van der Waals surface area (Å²) in [6, 6.07) is 6.82. The summed E-state index contributed by atoms with van der Waals surface area (Å²) in [6.07, 6.45) is -2.61. The number of halogens is 3. The highest BCUT2D eigenvalue weighted by Crippen LogP contribution is 2.27. The number of hydrogen-bond acceptors (Lipinski definition) is 5. The van der Waals surface area contributed by atoms with Crippen LogP contribution in [0, 0.1) is 0 Å². The molecule has 27 heavy (non-hydrogen) atoms. The van der Waals surface area contributed by atoms with E-state index in [2.05, 4.69) is 21.4 Å². The van der Waals surface area contributed by atoms with Gasteiger partial charge >= 0.3 is 12.5 Å². The molecule has 1 aromatic carbocycles. The van der Waals surface area contributed by atoms with E-state index in [-0.39, 0.29) is 12.4 Å². The van der Waals surface area contributed by atoms with Crippen LogP contribution in [-0.2, 0) is 11.3 Å². The SMILES string of the molecule is C=Cc1ccnc2c1c(COC(N)=O)nn2-c1ccc(OC(F)(F)F)cc1. The largest absolute Gasteiger partial charge is 0.573 e. The zero-order chi connectivity index (χ0) is 19.6. The summed E-state index contributed by atoms with van der Waals surface area (Å²) in [5.74, 6) is -0.361. The van der Waals surface area contributed by atoms with Gasteiger partial charge in [0.1, 0.15) is 18.1 Å².